The predicted octanol–water partition coefficient (Wildman–Crippen LogP) is 24.6. The Balaban J connectivity index is 0.000000533. The van der Waals surface area contributed by atoms with Gasteiger partial charge in [0.05, 0.1) is 22.4 Å². The van der Waals surface area contributed by atoms with E-state index in [1.807, 2.05) is 58.9 Å². The summed E-state index contributed by atoms with van der Waals surface area (Å²) >= 11 is 0. The molecule has 1 aliphatic rings. The minimum Gasteiger partial charge on any atom is -0.311 e. The van der Waals surface area contributed by atoms with Crippen LogP contribution in [0.4, 0.5) is 17.1 Å². The minimum absolute atomic E-state index is 0.948. The summed E-state index contributed by atoms with van der Waals surface area (Å²) in [5, 5.41) is 2.40. The largest absolute Gasteiger partial charge is 0.311 e. The van der Waals surface area contributed by atoms with Crippen molar-refractivity contribution in [2.75, 3.05) is 4.90 Å². The second-order valence-electron chi connectivity index (χ2n) is 20.7. The smallest absolute Gasteiger partial charge is 0.0626 e. The number of anilines is 3. The molecule has 0 unspecified atom stereocenters. The molecule has 12 rings (SSSR count). The lowest BCUT2D eigenvalue weighted by Crippen LogP contribution is -2.10. The summed E-state index contributed by atoms with van der Waals surface area (Å²) in [4.78, 5) is 2.32. The third-order valence-electron chi connectivity index (χ3n) is 14.9. The Morgan fingerprint density at radius 3 is 1.22 bits per heavy atom. The monoisotopic (exact) mass is 1120 g/mol. The van der Waals surface area contributed by atoms with Crippen molar-refractivity contribution >= 4 is 50.0 Å². The quantitative estimate of drug-likeness (QED) is 0.111. The molecule has 0 N–H and O–H groups in total. The van der Waals surface area contributed by atoms with Crippen LogP contribution in [0.5, 0.6) is 0 Å². The molecule has 0 amide bonds. The summed E-state index contributed by atoms with van der Waals surface area (Å²) in [6.45, 7) is 31.7. The number of rotatable bonds is 12. The van der Waals surface area contributed by atoms with E-state index in [4.69, 9.17) is 0 Å². The van der Waals surface area contributed by atoms with Gasteiger partial charge in [-0.2, -0.15) is 0 Å². The van der Waals surface area contributed by atoms with Crippen molar-refractivity contribution in [1.29, 1.82) is 0 Å². The van der Waals surface area contributed by atoms with Gasteiger partial charge in [-0.1, -0.05) is 259 Å². The van der Waals surface area contributed by atoms with Crippen LogP contribution in [0.15, 0.2) is 298 Å². The summed E-state index contributed by atoms with van der Waals surface area (Å²) in [6.07, 6.45) is 17.7. The van der Waals surface area contributed by atoms with Gasteiger partial charge in [-0.05, 0) is 159 Å². The maximum atomic E-state index is 4.10. The fourth-order valence-electron chi connectivity index (χ4n) is 11.2. The average Bonchev–Trinajstić information content (AvgIpc) is 1.60. The first kappa shape index (κ1) is 62.1. The van der Waals surface area contributed by atoms with Crippen LogP contribution in [0.3, 0.4) is 0 Å². The van der Waals surface area contributed by atoms with Gasteiger partial charge in [0.25, 0.3) is 0 Å². The van der Waals surface area contributed by atoms with E-state index in [1.54, 1.807) is 6.08 Å². The number of fused-ring (bicyclic) bond motifs is 12. The van der Waals surface area contributed by atoms with Gasteiger partial charge in [0.15, 0.2) is 0 Å². The van der Waals surface area contributed by atoms with E-state index in [0.717, 1.165) is 68.3 Å². The molecule has 9 aromatic carbocycles. The second kappa shape index (κ2) is 30.0. The summed E-state index contributed by atoms with van der Waals surface area (Å²) in [6, 6.07) is 81.9. The zero-order valence-corrected chi connectivity index (χ0v) is 52.2. The highest BCUT2D eigenvalue weighted by molar-refractivity contribution is 6.18. The third kappa shape index (κ3) is 13.3. The number of hydrogen-bond acceptors (Lipinski definition) is 1. The average molecular weight is 1120 g/mol. The molecule has 11 aromatic rings. The van der Waals surface area contributed by atoms with Gasteiger partial charge in [-0.25, -0.2) is 0 Å². The van der Waals surface area contributed by atoms with E-state index in [1.165, 1.54) is 72.1 Å². The molecule has 0 atom stereocenters. The molecule has 0 saturated carbocycles. The number of hydrogen-bond donors (Lipinski definition) is 0. The van der Waals surface area contributed by atoms with Gasteiger partial charge in [0.1, 0.15) is 0 Å². The molecular weight excluding hydrogens is 1040 g/mol. The van der Waals surface area contributed by atoms with Crippen LogP contribution in [0.25, 0.3) is 89.1 Å². The molecule has 2 aromatic heterocycles. The number of aromatic nitrogens is 2. The summed E-state index contributed by atoms with van der Waals surface area (Å²) in [5.41, 5.74) is 25.5. The summed E-state index contributed by atoms with van der Waals surface area (Å²) < 4.78 is 5.02. The van der Waals surface area contributed by atoms with Gasteiger partial charge in [0, 0.05) is 61.5 Å². The standard InChI is InChI=1S/C67H55N3.C7H8.C5H8.2C2H6/c1-6-20-47(21-7-2)49-34-42-62-60(44-49)64-56-28-16-17-29-57(56)65-61-45-50(48(22-8-3)23-9-4)35-43-63(61)70(67(65)59-31-19-18-30-58(59)66(64)69(62)54-36-32-46(5)33-37-54)55-40-38-53(39-41-55)68(51-24-12-10-13-25-51)52-26-14-11-15-27-52;1-7-5-3-2-4-6-7;1-4-5(2)3;2*1-2/h6,8-45H,3,7H2,1-2,4-5H3;2-6H,1H3;4H,1-2H2,3H3;2*1-2H3/b20-6-,23-9-,47-21+,48-22+,64-56?,65-57?,66-58?,67-59?;;;;. The number of nitrogens with zero attached hydrogens (tertiary/aromatic N) is 3. The Labute approximate surface area is 513 Å². The Kier molecular flexibility index (Phi) is 21.7. The Morgan fingerprint density at radius 2 is 0.826 bits per heavy atom. The minimum atomic E-state index is 0.948. The lowest BCUT2D eigenvalue weighted by Gasteiger charge is -2.26. The first-order valence-corrected chi connectivity index (χ1v) is 30.4. The van der Waals surface area contributed by atoms with E-state index < -0.39 is 0 Å². The molecular formula is C83H83N3. The zero-order chi connectivity index (χ0) is 61.1. The lowest BCUT2D eigenvalue weighted by atomic mass is 9.84. The van der Waals surface area contributed by atoms with Crippen molar-refractivity contribution in [1.82, 2.24) is 9.13 Å². The van der Waals surface area contributed by atoms with Gasteiger partial charge < -0.3 is 14.0 Å². The first-order valence-electron chi connectivity index (χ1n) is 30.4. The van der Waals surface area contributed by atoms with Crippen molar-refractivity contribution in [3.8, 4) is 56.1 Å². The van der Waals surface area contributed by atoms with Crippen molar-refractivity contribution < 1.29 is 0 Å². The molecule has 0 radical (unpaired) electrons. The van der Waals surface area contributed by atoms with Crippen LogP contribution in [0, 0.1) is 13.8 Å². The molecule has 1 aliphatic carbocycles. The van der Waals surface area contributed by atoms with E-state index in [9.17, 15) is 0 Å². The van der Waals surface area contributed by atoms with Crippen LogP contribution in [0.2, 0.25) is 0 Å². The highest BCUT2D eigenvalue weighted by Crippen LogP contribution is 2.55. The SMILES string of the molecule is C=C/C=C(\C=C/C)c1ccc2c(c1)c1c(n2-c2ccc(N(c3ccccc3)c3ccccc3)cc2)-c2ccccc2-c2c(c3cc(C(/C=C\C)=C/CC)ccc3n2-c2ccc(C)cc2)-c2ccccc2-1.C=CC(=C)C.CC.CC.Cc1ccccc1. The van der Waals surface area contributed by atoms with Crippen LogP contribution in [-0.2, 0) is 0 Å². The molecule has 2 heterocycles. The van der Waals surface area contributed by atoms with E-state index >= 15 is 0 Å². The third-order valence-corrected chi connectivity index (χ3v) is 14.9. The van der Waals surface area contributed by atoms with Crippen molar-refractivity contribution in [2.24, 2.45) is 0 Å². The molecule has 0 fully saturated rings. The highest BCUT2D eigenvalue weighted by Gasteiger charge is 2.32. The predicted molar refractivity (Wildman–Crippen MR) is 380 cm³/mol. The van der Waals surface area contributed by atoms with Gasteiger partial charge in [0.2, 0.25) is 0 Å². The number of benzene rings is 9. The van der Waals surface area contributed by atoms with Crippen LogP contribution >= 0.6 is 0 Å². The molecule has 3 nitrogen and oxygen atoms in total. The van der Waals surface area contributed by atoms with Crippen LogP contribution in [-0.4, -0.2) is 9.13 Å². The lowest BCUT2D eigenvalue weighted by molar-refractivity contribution is 1.12. The van der Waals surface area contributed by atoms with E-state index in [2.05, 4.69) is 311 Å². The molecule has 0 spiro atoms. The topological polar surface area (TPSA) is 13.1 Å². The number of aryl methyl sites for hydroxylation is 2. The number of allylic oxidation sites excluding steroid dienone is 11. The summed E-state index contributed by atoms with van der Waals surface area (Å²) in [5.74, 6) is 0. The number of para-hydroxylation sites is 2. The molecule has 0 bridgehead atoms. The van der Waals surface area contributed by atoms with Crippen LogP contribution < -0.4 is 4.90 Å². The normalized spacial score (nSPS) is 11.4. The van der Waals surface area contributed by atoms with Gasteiger partial charge in [-0.3, -0.25) is 0 Å². The molecule has 0 aliphatic heterocycles. The van der Waals surface area contributed by atoms with Gasteiger partial charge >= 0.3 is 0 Å². The van der Waals surface area contributed by atoms with E-state index in [0.29, 0.717) is 0 Å². The van der Waals surface area contributed by atoms with Crippen molar-refractivity contribution in [3.63, 3.8) is 0 Å². The van der Waals surface area contributed by atoms with Crippen molar-refractivity contribution in [2.45, 2.75) is 75.7 Å². The fourth-order valence-corrected chi connectivity index (χ4v) is 11.2. The van der Waals surface area contributed by atoms with Gasteiger partial charge in [-0.15, -0.1) is 0 Å². The maximum Gasteiger partial charge on any atom is 0.0626 e. The molecule has 0 saturated heterocycles. The Hall–Kier alpha value is -9.96. The molecule has 430 valence electrons. The fraction of sp³-hybridized carbons (Fsp3) is 0.133. The van der Waals surface area contributed by atoms with Crippen LogP contribution in [0.1, 0.15) is 84.1 Å². The van der Waals surface area contributed by atoms with Crippen molar-refractivity contribution in [3.05, 3.63) is 321 Å². The first-order chi connectivity index (χ1) is 42.2. The summed E-state index contributed by atoms with van der Waals surface area (Å²) in [7, 11) is 0. The zero-order valence-electron chi connectivity index (χ0n) is 52.2. The highest BCUT2D eigenvalue weighted by atomic mass is 15.1. The maximum absolute atomic E-state index is 4.10. The molecule has 86 heavy (non-hydrogen) atoms. The van der Waals surface area contributed by atoms with E-state index in [-0.39, 0.29) is 0 Å². The molecule has 3 heteroatoms. The second-order valence-corrected chi connectivity index (χ2v) is 20.7. The Bertz CT molecular complexity index is 4160. The Morgan fingerprint density at radius 1 is 0.453 bits per heavy atom.